The number of ether oxygens (including phenoxy) is 1. The summed E-state index contributed by atoms with van der Waals surface area (Å²) in [6.45, 7) is 1.69. The number of primary sulfonamides is 1. The molecule has 3 rings (SSSR count). The largest absolute Gasteiger partial charge is 0.495 e. The number of hydrogen-bond acceptors (Lipinski definition) is 6. The van der Waals surface area contributed by atoms with Crippen LogP contribution in [-0.2, 0) is 10.0 Å². The van der Waals surface area contributed by atoms with Gasteiger partial charge in [0.05, 0.1) is 23.4 Å². The lowest BCUT2D eigenvalue weighted by Crippen LogP contribution is -2.13. The van der Waals surface area contributed by atoms with E-state index in [1.165, 1.54) is 6.07 Å². The lowest BCUT2D eigenvalue weighted by atomic mass is 10.1. The molecule has 0 aliphatic carbocycles. The van der Waals surface area contributed by atoms with Gasteiger partial charge in [0.2, 0.25) is 10.0 Å². The second-order valence-corrected chi connectivity index (χ2v) is 7.18. The first-order valence-corrected chi connectivity index (χ1v) is 9.31. The van der Waals surface area contributed by atoms with E-state index >= 15 is 0 Å². The number of sulfonamides is 1. The van der Waals surface area contributed by atoms with Gasteiger partial charge in [-0.05, 0) is 42.8 Å². The molecular weight excluding hydrogens is 352 g/mol. The zero-order chi connectivity index (χ0) is 18.7. The monoisotopic (exact) mass is 370 g/mol. The highest BCUT2D eigenvalue weighted by molar-refractivity contribution is 7.89. The molecule has 0 saturated heterocycles. The van der Waals surface area contributed by atoms with Crippen molar-refractivity contribution >= 4 is 21.5 Å². The number of methoxy groups -OCH3 is 1. The van der Waals surface area contributed by atoms with Gasteiger partial charge in [-0.2, -0.15) is 0 Å². The number of para-hydroxylation sites is 2. The van der Waals surface area contributed by atoms with E-state index in [2.05, 4.69) is 15.5 Å². The third kappa shape index (κ3) is 3.81. The van der Waals surface area contributed by atoms with Crippen molar-refractivity contribution in [1.82, 2.24) is 10.2 Å². The van der Waals surface area contributed by atoms with Gasteiger partial charge >= 0.3 is 0 Å². The Hall–Kier alpha value is -2.97. The van der Waals surface area contributed by atoms with Crippen molar-refractivity contribution in [2.45, 2.75) is 11.8 Å². The summed E-state index contributed by atoms with van der Waals surface area (Å²) in [5.74, 6) is 1.23. The Labute approximate surface area is 151 Å². The van der Waals surface area contributed by atoms with Gasteiger partial charge in [0.1, 0.15) is 5.75 Å². The molecule has 0 atom stereocenters. The summed E-state index contributed by atoms with van der Waals surface area (Å²) in [5, 5.41) is 16.7. The summed E-state index contributed by atoms with van der Waals surface area (Å²) in [5.41, 5.74) is 2.51. The Kier molecular flexibility index (Phi) is 4.88. The number of aromatic nitrogens is 2. The van der Waals surface area contributed by atoms with Gasteiger partial charge in [-0.25, -0.2) is 13.6 Å². The molecule has 0 aliphatic rings. The number of rotatable bonds is 5. The maximum atomic E-state index is 11.7. The van der Waals surface area contributed by atoms with E-state index < -0.39 is 10.0 Å². The van der Waals surface area contributed by atoms with Crippen molar-refractivity contribution in [2.75, 3.05) is 12.4 Å². The van der Waals surface area contributed by atoms with E-state index in [1.807, 2.05) is 24.3 Å². The molecule has 2 aromatic carbocycles. The average Bonchev–Trinajstić information content (AvgIpc) is 2.62. The molecule has 0 amide bonds. The van der Waals surface area contributed by atoms with Crippen molar-refractivity contribution in [3.05, 3.63) is 60.2 Å². The van der Waals surface area contributed by atoms with Crippen LogP contribution in [0.1, 0.15) is 5.56 Å². The summed E-state index contributed by atoms with van der Waals surface area (Å²) in [6, 6.07) is 15.9. The predicted molar refractivity (Wildman–Crippen MR) is 99.9 cm³/mol. The number of hydrogen-bond donors (Lipinski definition) is 2. The molecule has 0 aliphatic heterocycles. The van der Waals surface area contributed by atoms with Gasteiger partial charge in [0.15, 0.2) is 5.82 Å². The third-order valence-corrected chi connectivity index (χ3v) is 4.88. The zero-order valence-electron chi connectivity index (χ0n) is 14.3. The highest BCUT2D eigenvalue weighted by Crippen LogP contribution is 2.27. The van der Waals surface area contributed by atoms with Crippen LogP contribution < -0.4 is 15.2 Å². The van der Waals surface area contributed by atoms with Gasteiger partial charge in [-0.1, -0.05) is 24.3 Å². The number of anilines is 2. The highest BCUT2D eigenvalue weighted by Gasteiger charge is 2.13. The molecule has 0 radical (unpaired) electrons. The first kappa shape index (κ1) is 17.8. The molecule has 0 spiro atoms. The van der Waals surface area contributed by atoms with Gasteiger partial charge < -0.3 is 10.1 Å². The van der Waals surface area contributed by atoms with E-state index in [0.29, 0.717) is 28.4 Å². The summed E-state index contributed by atoms with van der Waals surface area (Å²) in [6.07, 6.45) is 0. The SMILES string of the molecule is COc1ccccc1Nc1ccc(-c2ccc(C)c(S(N)(=O)=O)c2)nn1. The van der Waals surface area contributed by atoms with Crippen molar-refractivity contribution in [1.29, 1.82) is 0 Å². The van der Waals surface area contributed by atoms with E-state index in [0.717, 1.165) is 5.69 Å². The fourth-order valence-electron chi connectivity index (χ4n) is 2.50. The Bertz CT molecular complexity index is 1030. The van der Waals surface area contributed by atoms with Crippen LogP contribution >= 0.6 is 0 Å². The average molecular weight is 370 g/mol. The van der Waals surface area contributed by atoms with E-state index in [4.69, 9.17) is 9.88 Å². The van der Waals surface area contributed by atoms with Crippen LogP contribution in [0.25, 0.3) is 11.3 Å². The molecule has 134 valence electrons. The van der Waals surface area contributed by atoms with Crippen molar-refractivity contribution < 1.29 is 13.2 Å². The fraction of sp³-hybridized carbons (Fsp3) is 0.111. The van der Waals surface area contributed by atoms with Crippen molar-refractivity contribution in [2.24, 2.45) is 5.14 Å². The molecule has 0 unspecified atom stereocenters. The van der Waals surface area contributed by atoms with E-state index in [9.17, 15) is 8.42 Å². The molecule has 3 N–H and O–H groups in total. The maximum absolute atomic E-state index is 11.7. The number of aryl methyl sites for hydroxylation is 1. The molecule has 3 aromatic rings. The van der Waals surface area contributed by atoms with Gasteiger partial charge in [0.25, 0.3) is 0 Å². The first-order valence-electron chi connectivity index (χ1n) is 7.76. The smallest absolute Gasteiger partial charge is 0.238 e. The quantitative estimate of drug-likeness (QED) is 0.715. The minimum Gasteiger partial charge on any atom is -0.495 e. The molecule has 26 heavy (non-hydrogen) atoms. The number of nitrogens with zero attached hydrogens (tertiary/aromatic N) is 2. The highest BCUT2D eigenvalue weighted by atomic mass is 32.2. The van der Waals surface area contributed by atoms with Gasteiger partial charge in [0, 0.05) is 5.56 Å². The number of nitrogens with two attached hydrogens (primary N) is 1. The number of nitrogens with one attached hydrogen (secondary N) is 1. The Morgan fingerprint density at radius 3 is 2.46 bits per heavy atom. The zero-order valence-corrected chi connectivity index (χ0v) is 15.1. The lowest BCUT2D eigenvalue weighted by Gasteiger charge is -2.10. The minimum atomic E-state index is -3.79. The Balaban J connectivity index is 1.89. The fourth-order valence-corrected chi connectivity index (χ4v) is 3.31. The van der Waals surface area contributed by atoms with E-state index in [1.54, 1.807) is 38.3 Å². The van der Waals surface area contributed by atoms with Gasteiger partial charge in [-0.15, -0.1) is 10.2 Å². The molecule has 7 nitrogen and oxygen atoms in total. The van der Waals surface area contributed by atoms with Crippen LogP contribution in [-0.4, -0.2) is 25.7 Å². The van der Waals surface area contributed by atoms with Gasteiger partial charge in [-0.3, -0.25) is 0 Å². The summed E-state index contributed by atoms with van der Waals surface area (Å²) < 4.78 is 28.6. The lowest BCUT2D eigenvalue weighted by molar-refractivity contribution is 0.417. The minimum absolute atomic E-state index is 0.0769. The summed E-state index contributed by atoms with van der Waals surface area (Å²) in [7, 11) is -2.20. The third-order valence-electron chi connectivity index (χ3n) is 3.82. The molecular formula is C18H18N4O3S. The van der Waals surface area contributed by atoms with Crippen LogP contribution in [0.5, 0.6) is 5.75 Å². The molecule has 1 aromatic heterocycles. The molecule has 0 bridgehead atoms. The van der Waals surface area contributed by atoms with Crippen LogP contribution in [0, 0.1) is 6.92 Å². The van der Waals surface area contributed by atoms with Crippen molar-refractivity contribution in [3.8, 4) is 17.0 Å². The van der Waals surface area contributed by atoms with Crippen LogP contribution in [0.2, 0.25) is 0 Å². The van der Waals surface area contributed by atoms with Crippen LogP contribution in [0.3, 0.4) is 0 Å². The standard InChI is InChI=1S/C18H18N4O3S/c1-12-7-8-13(11-17(12)26(19,23)24)14-9-10-18(22-21-14)20-15-5-3-4-6-16(15)25-2/h3-11H,1-2H3,(H,20,22)(H2,19,23,24). The first-order chi connectivity index (χ1) is 12.4. The summed E-state index contributed by atoms with van der Waals surface area (Å²) in [4.78, 5) is 0.0769. The van der Waals surface area contributed by atoms with E-state index in [-0.39, 0.29) is 4.90 Å². The Morgan fingerprint density at radius 1 is 1.04 bits per heavy atom. The number of benzene rings is 2. The topological polar surface area (TPSA) is 107 Å². The summed E-state index contributed by atoms with van der Waals surface area (Å²) >= 11 is 0. The molecule has 1 heterocycles. The second kappa shape index (κ2) is 7.11. The van der Waals surface area contributed by atoms with Crippen LogP contribution in [0.4, 0.5) is 11.5 Å². The predicted octanol–water partition coefficient (Wildman–Crippen LogP) is 2.85. The van der Waals surface area contributed by atoms with Crippen LogP contribution in [0.15, 0.2) is 59.5 Å². The maximum Gasteiger partial charge on any atom is 0.238 e. The molecule has 8 heteroatoms. The van der Waals surface area contributed by atoms with Crippen molar-refractivity contribution in [3.63, 3.8) is 0 Å². The normalized spacial score (nSPS) is 11.2. The molecule has 0 fully saturated rings. The second-order valence-electron chi connectivity index (χ2n) is 5.65. The Morgan fingerprint density at radius 2 is 1.81 bits per heavy atom. The molecule has 0 saturated carbocycles.